The molecule has 0 spiro atoms. The van der Waals surface area contributed by atoms with E-state index in [4.69, 9.17) is 0 Å². The van der Waals surface area contributed by atoms with Crippen LogP contribution < -0.4 is 0 Å². The lowest BCUT2D eigenvalue weighted by Gasteiger charge is -2.29. The molecule has 1 aromatic carbocycles. The SMILES string of the molecule is CCCCCCC1CCC(c2ccc(C(=O)CC(=O)C(F)(F)F)cc2)CC1. The van der Waals surface area contributed by atoms with Crippen LogP contribution in [0.4, 0.5) is 13.2 Å². The van der Waals surface area contributed by atoms with Crippen molar-refractivity contribution in [3.8, 4) is 0 Å². The third kappa shape index (κ3) is 6.78. The van der Waals surface area contributed by atoms with Gasteiger partial charge >= 0.3 is 6.18 Å². The molecule has 0 heterocycles. The van der Waals surface area contributed by atoms with Crippen LogP contribution in [0.3, 0.4) is 0 Å². The van der Waals surface area contributed by atoms with Crippen LogP contribution in [0.1, 0.15) is 93.0 Å². The number of hydrogen-bond donors (Lipinski definition) is 0. The first-order valence-corrected chi connectivity index (χ1v) is 10.0. The van der Waals surface area contributed by atoms with Crippen molar-refractivity contribution >= 4 is 11.6 Å². The molecule has 2 nitrogen and oxygen atoms in total. The fourth-order valence-electron chi connectivity index (χ4n) is 3.93. The number of ketones is 2. The molecule has 0 aliphatic heterocycles. The number of benzene rings is 1. The van der Waals surface area contributed by atoms with Crippen molar-refractivity contribution in [2.45, 2.75) is 83.2 Å². The Morgan fingerprint density at radius 2 is 1.59 bits per heavy atom. The van der Waals surface area contributed by atoms with Crippen molar-refractivity contribution in [2.24, 2.45) is 5.92 Å². The summed E-state index contributed by atoms with van der Waals surface area (Å²) >= 11 is 0. The van der Waals surface area contributed by atoms with Crippen LogP contribution in [0.15, 0.2) is 24.3 Å². The number of Topliss-reactive ketones (excluding diaryl/α,β-unsaturated/α-hetero) is 2. The summed E-state index contributed by atoms with van der Waals surface area (Å²) in [6, 6.07) is 6.77. The molecule has 5 heteroatoms. The van der Waals surface area contributed by atoms with Gasteiger partial charge in [0.25, 0.3) is 0 Å². The predicted octanol–water partition coefficient (Wildman–Crippen LogP) is 6.64. The van der Waals surface area contributed by atoms with Gasteiger partial charge in [0, 0.05) is 5.56 Å². The Hall–Kier alpha value is -1.65. The molecular weight excluding hydrogens is 353 g/mol. The minimum Gasteiger partial charge on any atom is -0.294 e. The van der Waals surface area contributed by atoms with E-state index in [0.29, 0.717) is 5.92 Å². The van der Waals surface area contributed by atoms with E-state index in [0.717, 1.165) is 24.3 Å². The summed E-state index contributed by atoms with van der Waals surface area (Å²) in [7, 11) is 0. The average molecular weight is 382 g/mol. The lowest BCUT2D eigenvalue weighted by molar-refractivity contribution is -0.170. The highest BCUT2D eigenvalue weighted by molar-refractivity contribution is 6.09. The molecule has 0 unspecified atom stereocenters. The van der Waals surface area contributed by atoms with Gasteiger partial charge in [0.05, 0.1) is 6.42 Å². The van der Waals surface area contributed by atoms with Gasteiger partial charge in [-0.2, -0.15) is 13.2 Å². The summed E-state index contributed by atoms with van der Waals surface area (Å²) in [6.45, 7) is 2.22. The van der Waals surface area contributed by atoms with Gasteiger partial charge in [-0.05, 0) is 43.1 Å². The Labute approximate surface area is 159 Å². The van der Waals surface area contributed by atoms with Crippen molar-refractivity contribution in [2.75, 3.05) is 0 Å². The van der Waals surface area contributed by atoms with E-state index in [9.17, 15) is 22.8 Å². The molecule has 27 heavy (non-hydrogen) atoms. The van der Waals surface area contributed by atoms with E-state index in [1.807, 2.05) is 12.1 Å². The number of hydrogen-bond acceptors (Lipinski definition) is 2. The maximum atomic E-state index is 12.3. The topological polar surface area (TPSA) is 34.1 Å². The number of unbranched alkanes of at least 4 members (excludes halogenated alkanes) is 3. The second-order valence-corrected chi connectivity index (χ2v) is 7.71. The molecule has 0 N–H and O–H groups in total. The lowest BCUT2D eigenvalue weighted by atomic mass is 9.77. The molecule has 2 rings (SSSR count). The van der Waals surface area contributed by atoms with Gasteiger partial charge < -0.3 is 0 Å². The Morgan fingerprint density at radius 3 is 2.15 bits per heavy atom. The summed E-state index contributed by atoms with van der Waals surface area (Å²) < 4.78 is 36.8. The minimum absolute atomic E-state index is 0.168. The van der Waals surface area contributed by atoms with Gasteiger partial charge in [-0.15, -0.1) is 0 Å². The third-order valence-electron chi connectivity index (χ3n) is 5.65. The normalized spacial score (nSPS) is 20.4. The summed E-state index contributed by atoms with van der Waals surface area (Å²) in [5.41, 5.74) is 1.30. The Bertz CT molecular complexity index is 611. The zero-order chi connectivity index (χ0) is 19.9. The molecular formula is C22H29F3O2. The zero-order valence-electron chi connectivity index (χ0n) is 16.0. The van der Waals surface area contributed by atoms with Gasteiger partial charge in [-0.3, -0.25) is 9.59 Å². The molecule has 1 fully saturated rings. The highest BCUT2D eigenvalue weighted by Crippen LogP contribution is 2.37. The standard InChI is InChI=1S/C22H29F3O2/c1-2-3-4-5-6-16-7-9-17(10-8-16)18-11-13-19(14-12-18)20(26)15-21(27)22(23,24)25/h11-14,16-17H,2-10,15H2,1H3. The van der Waals surface area contributed by atoms with Gasteiger partial charge in [0.15, 0.2) is 5.78 Å². The average Bonchev–Trinajstić information content (AvgIpc) is 2.65. The smallest absolute Gasteiger partial charge is 0.294 e. The monoisotopic (exact) mass is 382 g/mol. The summed E-state index contributed by atoms with van der Waals surface area (Å²) in [5, 5.41) is 0. The Balaban J connectivity index is 1.82. The van der Waals surface area contributed by atoms with E-state index in [-0.39, 0.29) is 5.56 Å². The second-order valence-electron chi connectivity index (χ2n) is 7.71. The zero-order valence-corrected chi connectivity index (χ0v) is 16.0. The van der Waals surface area contributed by atoms with Gasteiger partial charge in [0.1, 0.15) is 0 Å². The van der Waals surface area contributed by atoms with E-state index >= 15 is 0 Å². The van der Waals surface area contributed by atoms with Gasteiger partial charge in [-0.25, -0.2) is 0 Å². The predicted molar refractivity (Wildman–Crippen MR) is 99.9 cm³/mol. The maximum absolute atomic E-state index is 12.3. The molecule has 0 atom stereocenters. The van der Waals surface area contributed by atoms with Crippen molar-refractivity contribution in [3.05, 3.63) is 35.4 Å². The van der Waals surface area contributed by atoms with Crippen molar-refractivity contribution in [3.63, 3.8) is 0 Å². The fourth-order valence-corrected chi connectivity index (χ4v) is 3.93. The largest absolute Gasteiger partial charge is 0.450 e. The highest BCUT2D eigenvalue weighted by atomic mass is 19.4. The first-order chi connectivity index (χ1) is 12.8. The third-order valence-corrected chi connectivity index (χ3v) is 5.65. The van der Waals surface area contributed by atoms with E-state index in [1.54, 1.807) is 12.1 Å². The lowest BCUT2D eigenvalue weighted by Crippen LogP contribution is -2.25. The van der Waals surface area contributed by atoms with Crippen molar-refractivity contribution in [1.29, 1.82) is 0 Å². The number of halogens is 3. The number of carbonyl (C=O) groups is 2. The van der Waals surface area contributed by atoms with E-state index in [2.05, 4.69) is 6.92 Å². The van der Waals surface area contributed by atoms with Crippen LogP contribution >= 0.6 is 0 Å². The quantitative estimate of drug-likeness (QED) is 0.273. The first-order valence-electron chi connectivity index (χ1n) is 10.0. The summed E-state index contributed by atoms with van der Waals surface area (Å²) in [6.07, 6.45) is 5.14. The molecule has 0 aromatic heterocycles. The molecule has 0 bridgehead atoms. The van der Waals surface area contributed by atoms with E-state index < -0.39 is 24.2 Å². The van der Waals surface area contributed by atoms with Crippen LogP contribution in [0, 0.1) is 5.92 Å². The van der Waals surface area contributed by atoms with Crippen LogP contribution in [-0.2, 0) is 4.79 Å². The van der Waals surface area contributed by atoms with Crippen molar-refractivity contribution < 1.29 is 22.8 Å². The second kappa shape index (κ2) is 10.0. The Kier molecular flexibility index (Phi) is 8.06. The molecule has 0 saturated heterocycles. The highest BCUT2D eigenvalue weighted by Gasteiger charge is 2.39. The molecule has 1 saturated carbocycles. The molecule has 0 amide bonds. The number of rotatable bonds is 9. The van der Waals surface area contributed by atoms with Crippen LogP contribution in [-0.4, -0.2) is 17.7 Å². The van der Waals surface area contributed by atoms with Gasteiger partial charge in [0.2, 0.25) is 5.78 Å². The van der Waals surface area contributed by atoms with Crippen molar-refractivity contribution in [1.82, 2.24) is 0 Å². The molecule has 150 valence electrons. The molecule has 1 aromatic rings. The summed E-state index contributed by atoms with van der Waals surface area (Å²) in [4.78, 5) is 22.8. The number of carbonyl (C=O) groups excluding carboxylic acids is 2. The van der Waals surface area contributed by atoms with Crippen LogP contribution in [0.25, 0.3) is 0 Å². The minimum atomic E-state index is -4.95. The van der Waals surface area contributed by atoms with Crippen LogP contribution in [0.5, 0.6) is 0 Å². The molecule has 1 aliphatic carbocycles. The fraction of sp³-hybridized carbons (Fsp3) is 0.636. The Morgan fingerprint density at radius 1 is 0.963 bits per heavy atom. The van der Waals surface area contributed by atoms with E-state index in [1.165, 1.54) is 44.9 Å². The van der Waals surface area contributed by atoms with Crippen LogP contribution in [0.2, 0.25) is 0 Å². The first kappa shape index (κ1) is 21.6. The van der Waals surface area contributed by atoms with Gasteiger partial charge in [-0.1, -0.05) is 63.3 Å². The number of alkyl halides is 3. The molecule has 1 aliphatic rings. The molecule has 0 radical (unpaired) electrons. The maximum Gasteiger partial charge on any atom is 0.450 e. The summed E-state index contributed by atoms with van der Waals surface area (Å²) in [5.74, 6) is -1.50.